The summed E-state index contributed by atoms with van der Waals surface area (Å²) in [5, 5.41) is 0. The molecule has 2 unspecified atom stereocenters. The molecule has 1 nitrogen and oxygen atoms in total. The van der Waals surface area contributed by atoms with Gasteiger partial charge in [0.2, 0.25) is 0 Å². The number of unbranched alkanes of at least 4 members (excludes halogenated alkanes) is 3. The number of hydrogen-bond acceptors (Lipinski definition) is 1. The Morgan fingerprint density at radius 2 is 1.34 bits per heavy atom. The standard InChI is InChI=1S/C31H44O/c1-30(2,3)32-21-13-7-6-8-14-23-19-20-24(22-23)31(4,5)29-27-17-11-9-15-25(27)26-16-10-12-18-28(26)29/h9-12,15-18,23-24,29H,6-8,13-14,19-22H2,1-5H3. The van der Waals surface area contributed by atoms with Crippen molar-refractivity contribution >= 4 is 0 Å². The zero-order valence-electron chi connectivity index (χ0n) is 21.1. The molecule has 0 saturated heterocycles. The van der Waals surface area contributed by atoms with Crippen LogP contribution in [0.4, 0.5) is 0 Å². The van der Waals surface area contributed by atoms with E-state index in [2.05, 4.69) is 83.1 Å². The van der Waals surface area contributed by atoms with Gasteiger partial charge in [0.05, 0.1) is 5.60 Å². The van der Waals surface area contributed by atoms with E-state index in [9.17, 15) is 0 Å². The first-order valence-corrected chi connectivity index (χ1v) is 13.1. The van der Waals surface area contributed by atoms with Crippen LogP contribution in [0, 0.1) is 17.3 Å². The van der Waals surface area contributed by atoms with E-state index in [4.69, 9.17) is 4.74 Å². The maximum Gasteiger partial charge on any atom is 0.0598 e. The molecule has 2 aliphatic carbocycles. The lowest BCUT2D eigenvalue weighted by Crippen LogP contribution is -2.29. The van der Waals surface area contributed by atoms with E-state index in [1.165, 1.54) is 62.5 Å². The Morgan fingerprint density at radius 3 is 1.97 bits per heavy atom. The third-order valence-electron chi connectivity index (χ3n) is 8.21. The van der Waals surface area contributed by atoms with E-state index in [0.717, 1.165) is 18.4 Å². The van der Waals surface area contributed by atoms with Gasteiger partial charge in [0.25, 0.3) is 0 Å². The van der Waals surface area contributed by atoms with Gasteiger partial charge in [0.1, 0.15) is 0 Å². The normalized spacial score (nSPS) is 21.0. The zero-order chi connectivity index (χ0) is 22.8. The minimum Gasteiger partial charge on any atom is -0.376 e. The average molecular weight is 433 g/mol. The molecule has 2 atom stereocenters. The maximum absolute atomic E-state index is 5.86. The molecule has 2 aromatic rings. The number of ether oxygens (including phenoxy) is 1. The molecule has 1 heteroatoms. The fourth-order valence-corrected chi connectivity index (χ4v) is 6.47. The fraction of sp³-hybridized carbons (Fsp3) is 0.613. The maximum atomic E-state index is 5.86. The highest BCUT2D eigenvalue weighted by Gasteiger charge is 2.45. The molecule has 0 radical (unpaired) electrons. The Bertz CT molecular complexity index is 842. The molecule has 0 aromatic heterocycles. The van der Waals surface area contributed by atoms with Crippen molar-refractivity contribution in [3.05, 3.63) is 59.7 Å². The van der Waals surface area contributed by atoms with Crippen molar-refractivity contribution in [3.8, 4) is 11.1 Å². The first-order chi connectivity index (χ1) is 15.3. The molecule has 2 aliphatic rings. The Morgan fingerprint density at radius 1 is 0.750 bits per heavy atom. The Labute approximate surface area is 197 Å². The number of rotatable bonds is 9. The first kappa shape index (κ1) is 23.6. The molecule has 1 fully saturated rings. The number of benzene rings is 2. The highest BCUT2D eigenvalue weighted by molar-refractivity contribution is 5.79. The van der Waals surface area contributed by atoms with E-state index in [1.807, 2.05) is 0 Å². The smallest absolute Gasteiger partial charge is 0.0598 e. The molecule has 0 heterocycles. The summed E-state index contributed by atoms with van der Waals surface area (Å²) < 4.78 is 5.86. The van der Waals surface area contributed by atoms with Gasteiger partial charge in [-0.1, -0.05) is 94.5 Å². The lowest BCUT2D eigenvalue weighted by molar-refractivity contribution is -0.00476. The van der Waals surface area contributed by atoms with Gasteiger partial charge in [0.15, 0.2) is 0 Å². The molecular formula is C31H44O. The van der Waals surface area contributed by atoms with Crippen molar-refractivity contribution in [1.82, 2.24) is 0 Å². The summed E-state index contributed by atoms with van der Waals surface area (Å²) in [4.78, 5) is 0. The van der Waals surface area contributed by atoms with Crippen LogP contribution in [0.2, 0.25) is 0 Å². The Kier molecular flexibility index (Phi) is 7.15. The monoisotopic (exact) mass is 432 g/mol. The summed E-state index contributed by atoms with van der Waals surface area (Å²) in [6, 6.07) is 18.3. The average Bonchev–Trinajstić information content (AvgIpc) is 3.36. The summed E-state index contributed by atoms with van der Waals surface area (Å²) in [6.45, 7) is 12.5. The molecule has 4 rings (SSSR count). The van der Waals surface area contributed by atoms with Crippen LogP contribution < -0.4 is 0 Å². The number of hydrogen-bond donors (Lipinski definition) is 0. The molecular weight excluding hydrogens is 388 g/mol. The predicted molar refractivity (Wildman–Crippen MR) is 137 cm³/mol. The number of fused-ring (bicyclic) bond motifs is 3. The molecule has 2 aromatic carbocycles. The fourth-order valence-electron chi connectivity index (χ4n) is 6.47. The van der Waals surface area contributed by atoms with Crippen LogP contribution in [0.15, 0.2) is 48.5 Å². The first-order valence-electron chi connectivity index (χ1n) is 13.1. The molecule has 1 saturated carbocycles. The van der Waals surface area contributed by atoms with Crippen molar-refractivity contribution in [3.63, 3.8) is 0 Å². The van der Waals surface area contributed by atoms with Crippen LogP contribution in [-0.4, -0.2) is 12.2 Å². The van der Waals surface area contributed by atoms with Crippen LogP contribution in [0.1, 0.15) is 103 Å². The van der Waals surface area contributed by atoms with Gasteiger partial charge < -0.3 is 4.74 Å². The molecule has 0 aliphatic heterocycles. The lowest BCUT2D eigenvalue weighted by Gasteiger charge is -2.39. The highest BCUT2D eigenvalue weighted by atomic mass is 16.5. The molecule has 32 heavy (non-hydrogen) atoms. The third kappa shape index (κ3) is 5.14. The van der Waals surface area contributed by atoms with Crippen LogP contribution in [0.3, 0.4) is 0 Å². The van der Waals surface area contributed by atoms with Gasteiger partial charge in [0, 0.05) is 12.5 Å². The SMILES string of the molecule is CC(C)(C)OCCCCCCC1CCC(C(C)(C)C2c3ccccc3-c3ccccc32)C1. The van der Waals surface area contributed by atoms with E-state index in [-0.39, 0.29) is 5.60 Å². The second kappa shape index (κ2) is 9.72. The van der Waals surface area contributed by atoms with Gasteiger partial charge in [-0.2, -0.15) is 0 Å². The van der Waals surface area contributed by atoms with Gasteiger partial charge in [-0.15, -0.1) is 0 Å². The van der Waals surface area contributed by atoms with E-state index in [0.29, 0.717) is 11.3 Å². The van der Waals surface area contributed by atoms with Gasteiger partial charge >= 0.3 is 0 Å². The summed E-state index contributed by atoms with van der Waals surface area (Å²) in [5.41, 5.74) is 6.34. The minimum absolute atomic E-state index is 0.00596. The molecule has 0 bridgehead atoms. The second-order valence-electron chi connectivity index (χ2n) is 12.0. The summed E-state index contributed by atoms with van der Waals surface area (Å²) in [5.74, 6) is 2.27. The third-order valence-corrected chi connectivity index (χ3v) is 8.21. The van der Waals surface area contributed by atoms with Crippen LogP contribution >= 0.6 is 0 Å². The van der Waals surface area contributed by atoms with Gasteiger partial charge in [-0.05, 0) is 79.5 Å². The Hall–Kier alpha value is -1.60. The summed E-state index contributed by atoms with van der Waals surface area (Å²) in [7, 11) is 0. The van der Waals surface area contributed by atoms with E-state index in [1.54, 1.807) is 11.1 Å². The topological polar surface area (TPSA) is 9.23 Å². The predicted octanol–water partition coefficient (Wildman–Crippen LogP) is 9.01. The van der Waals surface area contributed by atoms with Crippen LogP contribution in [0.5, 0.6) is 0 Å². The van der Waals surface area contributed by atoms with Crippen LogP contribution in [0.25, 0.3) is 11.1 Å². The Balaban J connectivity index is 1.31. The summed E-state index contributed by atoms with van der Waals surface area (Å²) >= 11 is 0. The molecule has 0 N–H and O–H groups in total. The summed E-state index contributed by atoms with van der Waals surface area (Å²) in [6.07, 6.45) is 10.9. The van der Waals surface area contributed by atoms with Crippen molar-refractivity contribution in [2.24, 2.45) is 17.3 Å². The largest absolute Gasteiger partial charge is 0.376 e. The highest BCUT2D eigenvalue weighted by Crippen LogP contribution is 2.58. The van der Waals surface area contributed by atoms with Crippen LogP contribution in [-0.2, 0) is 4.74 Å². The van der Waals surface area contributed by atoms with Crippen molar-refractivity contribution in [1.29, 1.82) is 0 Å². The quantitative estimate of drug-likeness (QED) is 0.359. The van der Waals surface area contributed by atoms with Gasteiger partial charge in [-0.3, -0.25) is 0 Å². The zero-order valence-corrected chi connectivity index (χ0v) is 21.1. The van der Waals surface area contributed by atoms with Crippen molar-refractivity contribution < 1.29 is 4.74 Å². The minimum atomic E-state index is 0.00596. The van der Waals surface area contributed by atoms with Crippen molar-refractivity contribution in [2.45, 2.75) is 97.5 Å². The van der Waals surface area contributed by atoms with E-state index < -0.39 is 0 Å². The second-order valence-corrected chi connectivity index (χ2v) is 12.0. The molecule has 0 spiro atoms. The lowest BCUT2D eigenvalue weighted by atomic mass is 9.65. The molecule has 0 amide bonds. The van der Waals surface area contributed by atoms with Gasteiger partial charge in [-0.25, -0.2) is 0 Å². The van der Waals surface area contributed by atoms with E-state index >= 15 is 0 Å². The van der Waals surface area contributed by atoms with Crippen molar-refractivity contribution in [2.75, 3.05) is 6.61 Å². The molecule has 174 valence electrons.